The zero-order chi connectivity index (χ0) is 14.6. The van der Waals surface area contributed by atoms with Crippen molar-refractivity contribution in [3.63, 3.8) is 0 Å². The maximum Gasteiger partial charge on any atom is 0.413 e. The fourth-order valence-corrected chi connectivity index (χ4v) is 2.76. The highest BCUT2D eigenvalue weighted by atomic mass is 16.6. The molecule has 20 heavy (non-hydrogen) atoms. The van der Waals surface area contributed by atoms with Crippen LogP contribution in [0.4, 0.5) is 4.79 Å². The Morgan fingerprint density at radius 3 is 2.45 bits per heavy atom. The number of carbonyl (C=O) groups is 1. The van der Waals surface area contributed by atoms with Crippen LogP contribution in [0.15, 0.2) is 24.3 Å². The quantitative estimate of drug-likeness (QED) is 0.855. The van der Waals surface area contributed by atoms with Crippen LogP contribution in [0.5, 0.6) is 5.75 Å². The van der Waals surface area contributed by atoms with Gasteiger partial charge in [-0.05, 0) is 51.2 Å². The maximum atomic E-state index is 11.9. The van der Waals surface area contributed by atoms with E-state index in [1.807, 2.05) is 39.0 Å². The van der Waals surface area contributed by atoms with Crippen molar-refractivity contribution in [1.29, 1.82) is 0 Å². The highest BCUT2D eigenvalue weighted by Gasteiger charge is 2.21. The Morgan fingerprint density at radius 1 is 1.15 bits per heavy atom. The first-order chi connectivity index (χ1) is 9.46. The summed E-state index contributed by atoms with van der Waals surface area (Å²) in [5.41, 5.74) is 0.896. The normalized spacial score (nSPS) is 16.8. The molecule has 3 heteroatoms. The number of benzene rings is 1. The lowest BCUT2D eigenvalue weighted by Crippen LogP contribution is -2.42. The molecule has 1 aliphatic rings. The predicted octanol–water partition coefficient (Wildman–Crippen LogP) is 4.62. The van der Waals surface area contributed by atoms with E-state index < -0.39 is 0 Å². The van der Waals surface area contributed by atoms with Crippen molar-refractivity contribution in [3.05, 3.63) is 29.8 Å². The average molecular weight is 275 g/mol. The highest BCUT2D eigenvalue weighted by Crippen LogP contribution is 2.37. The number of nitrogens with one attached hydrogen (secondary N) is 1. The second-order valence-electron chi connectivity index (χ2n) is 6.64. The molecule has 1 fully saturated rings. The molecule has 1 amide bonds. The van der Waals surface area contributed by atoms with Crippen molar-refractivity contribution in [2.75, 3.05) is 0 Å². The lowest BCUT2D eigenvalue weighted by Gasteiger charge is -2.25. The van der Waals surface area contributed by atoms with Crippen molar-refractivity contribution in [2.45, 2.75) is 64.3 Å². The number of hydrogen-bond donors (Lipinski definition) is 1. The lowest BCUT2D eigenvalue weighted by atomic mass is 9.84. The van der Waals surface area contributed by atoms with Gasteiger partial charge >= 0.3 is 6.09 Å². The van der Waals surface area contributed by atoms with Crippen molar-refractivity contribution in [3.8, 4) is 5.75 Å². The largest absolute Gasteiger partial charge is 0.413 e. The third kappa shape index (κ3) is 4.26. The molecule has 0 aromatic heterocycles. The minimum atomic E-state index is -0.374. The third-order valence-electron chi connectivity index (χ3n) is 3.64. The maximum absolute atomic E-state index is 11.9. The van der Waals surface area contributed by atoms with Crippen LogP contribution in [0.2, 0.25) is 0 Å². The minimum absolute atomic E-state index is 0.281. The van der Waals surface area contributed by atoms with Gasteiger partial charge in [-0.1, -0.05) is 37.5 Å². The van der Waals surface area contributed by atoms with Crippen LogP contribution in [-0.2, 0) is 0 Å². The summed E-state index contributed by atoms with van der Waals surface area (Å²) in [6.07, 6.45) is 5.88. The van der Waals surface area contributed by atoms with Crippen LogP contribution < -0.4 is 10.1 Å². The Bertz CT molecular complexity index is 456. The molecule has 1 aromatic rings. The second kappa shape index (κ2) is 6.29. The summed E-state index contributed by atoms with van der Waals surface area (Å²) in [5, 5.41) is 2.84. The molecule has 2 rings (SSSR count). The summed E-state index contributed by atoms with van der Waals surface area (Å²) in [4.78, 5) is 11.9. The molecular weight excluding hydrogens is 250 g/mol. The van der Waals surface area contributed by atoms with Gasteiger partial charge in [0.1, 0.15) is 5.75 Å². The molecule has 0 saturated heterocycles. The Labute approximate surface area is 121 Å². The summed E-state index contributed by atoms with van der Waals surface area (Å²) in [5.74, 6) is 1.24. The van der Waals surface area contributed by atoms with E-state index >= 15 is 0 Å². The van der Waals surface area contributed by atoms with Gasteiger partial charge in [0.25, 0.3) is 0 Å². The fourth-order valence-electron chi connectivity index (χ4n) is 2.76. The molecule has 0 atom stereocenters. The molecule has 0 spiro atoms. The van der Waals surface area contributed by atoms with E-state index in [1.54, 1.807) is 0 Å². The first kappa shape index (κ1) is 14.9. The van der Waals surface area contributed by atoms with Crippen LogP contribution in [0.1, 0.15) is 64.4 Å². The molecule has 1 N–H and O–H groups in total. The summed E-state index contributed by atoms with van der Waals surface area (Å²) in [6.45, 7) is 5.84. The number of para-hydroxylation sites is 1. The summed E-state index contributed by atoms with van der Waals surface area (Å²) >= 11 is 0. The smallest absolute Gasteiger partial charge is 0.410 e. The molecule has 0 bridgehead atoms. The number of carbonyl (C=O) groups excluding carboxylic acids is 1. The molecule has 1 saturated carbocycles. The number of hydrogen-bond acceptors (Lipinski definition) is 2. The average Bonchev–Trinajstić information content (AvgIpc) is 2.38. The fraction of sp³-hybridized carbons (Fsp3) is 0.588. The molecule has 0 unspecified atom stereocenters. The molecule has 1 aromatic carbocycles. The zero-order valence-electron chi connectivity index (χ0n) is 12.7. The molecule has 110 valence electrons. The Balaban J connectivity index is 2.09. The van der Waals surface area contributed by atoms with Gasteiger partial charge in [0.05, 0.1) is 0 Å². The third-order valence-corrected chi connectivity index (χ3v) is 3.64. The number of amides is 1. The van der Waals surface area contributed by atoms with Crippen molar-refractivity contribution >= 4 is 6.09 Å². The van der Waals surface area contributed by atoms with Gasteiger partial charge in [-0.15, -0.1) is 0 Å². The van der Waals surface area contributed by atoms with Gasteiger partial charge in [-0.25, -0.2) is 4.79 Å². The van der Waals surface area contributed by atoms with E-state index in [4.69, 9.17) is 4.74 Å². The van der Waals surface area contributed by atoms with Gasteiger partial charge < -0.3 is 10.1 Å². The van der Waals surface area contributed by atoms with Crippen LogP contribution >= 0.6 is 0 Å². The molecule has 0 radical (unpaired) electrons. The Hall–Kier alpha value is -1.51. The van der Waals surface area contributed by atoms with E-state index in [2.05, 4.69) is 11.4 Å². The van der Waals surface area contributed by atoms with Gasteiger partial charge in [0.2, 0.25) is 0 Å². The Kier molecular flexibility index (Phi) is 4.69. The highest BCUT2D eigenvalue weighted by molar-refractivity contribution is 5.71. The summed E-state index contributed by atoms with van der Waals surface area (Å²) in [6, 6.07) is 7.94. The second-order valence-corrected chi connectivity index (χ2v) is 6.64. The van der Waals surface area contributed by atoms with Crippen LogP contribution in [0.25, 0.3) is 0 Å². The first-order valence-electron chi connectivity index (χ1n) is 7.54. The van der Waals surface area contributed by atoms with Gasteiger partial charge in [-0.2, -0.15) is 0 Å². The van der Waals surface area contributed by atoms with E-state index in [-0.39, 0.29) is 11.6 Å². The summed E-state index contributed by atoms with van der Waals surface area (Å²) < 4.78 is 5.52. The number of rotatable bonds is 2. The lowest BCUT2D eigenvalue weighted by molar-refractivity contribution is 0.190. The Morgan fingerprint density at radius 2 is 1.80 bits per heavy atom. The van der Waals surface area contributed by atoms with Gasteiger partial charge in [-0.3, -0.25) is 0 Å². The molecule has 1 aliphatic carbocycles. The zero-order valence-corrected chi connectivity index (χ0v) is 12.7. The van der Waals surface area contributed by atoms with Crippen LogP contribution in [0, 0.1) is 0 Å². The summed E-state index contributed by atoms with van der Waals surface area (Å²) in [7, 11) is 0. The predicted molar refractivity (Wildman–Crippen MR) is 81.2 cm³/mol. The molecule has 0 aliphatic heterocycles. The van der Waals surface area contributed by atoms with Crippen LogP contribution in [-0.4, -0.2) is 11.6 Å². The van der Waals surface area contributed by atoms with Crippen LogP contribution in [0.3, 0.4) is 0 Å². The van der Waals surface area contributed by atoms with Crippen molar-refractivity contribution < 1.29 is 9.53 Å². The van der Waals surface area contributed by atoms with Crippen molar-refractivity contribution in [2.24, 2.45) is 0 Å². The van der Waals surface area contributed by atoms with E-state index in [1.165, 1.54) is 37.7 Å². The van der Waals surface area contributed by atoms with E-state index in [0.29, 0.717) is 11.7 Å². The standard InChI is InChI=1S/C17H25NO2/c1-17(2,3)18-16(19)20-15-12-8-7-11-14(15)13-9-5-4-6-10-13/h7-8,11-13H,4-6,9-10H2,1-3H3,(H,18,19). The first-order valence-corrected chi connectivity index (χ1v) is 7.54. The SMILES string of the molecule is CC(C)(C)NC(=O)Oc1ccccc1C1CCCCC1. The topological polar surface area (TPSA) is 38.3 Å². The van der Waals surface area contributed by atoms with E-state index in [9.17, 15) is 4.79 Å². The molecule has 3 nitrogen and oxygen atoms in total. The molecule has 0 heterocycles. The van der Waals surface area contributed by atoms with Gasteiger partial charge in [0.15, 0.2) is 0 Å². The minimum Gasteiger partial charge on any atom is -0.410 e. The number of ether oxygens (including phenoxy) is 1. The molecular formula is C17H25NO2. The van der Waals surface area contributed by atoms with Gasteiger partial charge in [0, 0.05) is 5.54 Å². The monoisotopic (exact) mass is 275 g/mol. The van der Waals surface area contributed by atoms with Crippen molar-refractivity contribution in [1.82, 2.24) is 5.32 Å². The van der Waals surface area contributed by atoms with E-state index in [0.717, 1.165) is 0 Å².